The van der Waals surface area contributed by atoms with Crippen LogP contribution in [0.5, 0.6) is 11.5 Å². The molecule has 3 aromatic rings. The van der Waals surface area contributed by atoms with Gasteiger partial charge in [0.2, 0.25) is 5.91 Å². The minimum Gasteiger partial charge on any atom is -0.489 e. The Bertz CT molecular complexity index is 1170. The predicted molar refractivity (Wildman–Crippen MR) is 126 cm³/mol. The summed E-state index contributed by atoms with van der Waals surface area (Å²) in [6, 6.07) is 13.5. The standard InChI is InChI=1S/C24H23Cl2N3O4/c1-15(30)28-23-29-19(14-33-23)13-32-20-6-4-17(5-7-20)24(2,3)18-10-16(12-27)22(21(26)11-18)31-9-8-25/h4-7,10-11,14H,8-9,13H2,1-3H3,(H,28,29,30). The van der Waals surface area contributed by atoms with E-state index in [-0.39, 0.29) is 25.1 Å². The second kappa shape index (κ2) is 10.6. The number of halogens is 2. The van der Waals surface area contributed by atoms with E-state index in [9.17, 15) is 10.1 Å². The molecule has 1 amide bonds. The van der Waals surface area contributed by atoms with Crippen molar-refractivity contribution < 1.29 is 18.7 Å². The maximum atomic E-state index is 11.1. The fourth-order valence-electron chi connectivity index (χ4n) is 3.20. The highest BCUT2D eigenvalue weighted by Crippen LogP contribution is 2.38. The van der Waals surface area contributed by atoms with Crippen LogP contribution in [-0.4, -0.2) is 23.4 Å². The fraction of sp³-hybridized carbons (Fsp3) is 0.292. The van der Waals surface area contributed by atoms with Gasteiger partial charge in [-0.25, -0.2) is 0 Å². The largest absolute Gasteiger partial charge is 0.489 e. The molecule has 2 aromatic carbocycles. The number of amides is 1. The van der Waals surface area contributed by atoms with E-state index in [1.165, 1.54) is 13.2 Å². The first-order chi connectivity index (χ1) is 15.7. The average Bonchev–Trinajstić information content (AvgIpc) is 3.23. The van der Waals surface area contributed by atoms with Gasteiger partial charge in [-0.2, -0.15) is 10.2 Å². The van der Waals surface area contributed by atoms with E-state index in [4.69, 9.17) is 37.1 Å². The van der Waals surface area contributed by atoms with Crippen LogP contribution in [0.25, 0.3) is 0 Å². The number of aromatic nitrogens is 1. The molecule has 172 valence electrons. The number of rotatable bonds is 9. The Kier molecular flexibility index (Phi) is 7.85. The lowest BCUT2D eigenvalue weighted by atomic mass is 9.77. The fourth-order valence-corrected chi connectivity index (χ4v) is 3.55. The third-order valence-corrected chi connectivity index (χ3v) is 5.44. The molecule has 0 unspecified atom stereocenters. The molecule has 0 aliphatic heterocycles. The van der Waals surface area contributed by atoms with Crippen molar-refractivity contribution in [2.45, 2.75) is 32.8 Å². The maximum absolute atomic E-state index is 11.1. The van der Waals surface area contributed by atoms with E-state index >= 15 is 0 Å². The van der Waals surface area contributed by atoms with E-state index in [2.05, 4.69) is 16.4 Å². The summed E-state index contributed by atoms with van der Waals surface area (Å²) in [7, 11) is 0. The molecule has 0 bridgehead atoms. The van der Waals surface area contributed by atoms with E-state index < -0.39 is 5.41 Å². The first-order valence-corrected chi connectivity index (χ1v) is 11.0. The summed E-state index contributed by atoms with van der Waals surface area (Å²) < 4.78 is 16.5. The Morgan fingerprint density at radius 3 is 2.58 bits per heavy atom. The van der Waals surface area contributed by atoms with E-state index in [1.54, 1.807) is 6.07 Å². The van der Waals surface area contributed by atoms with Crippen molar-refractivity contribution in [2.75, 3.05) is 17.8 Å². The second-order valence-corrected chi connectivity index (χ2v) is 8.53. The van der Waals surface area contributed by atoms with Crippen LogP contribution in [-0.2, 0) is 16.8 Å². The van der Waals surface area contributed by atoms with Gasteiger partial charge < -0.3 is 13.9 Å². The summed E-state index contributed by atoms with van der Waals surface area (Å²) in [5, 5.41) is 12.4. The van der Waals surface area contributed by atoms with Gasteiger partial charge in [0.05, 0.1) is 16.5 Å². The Labute approximate surface area is 202 Å². The molecule has 1 heterocycles. The maximum Gasteiger partial charge on any atom is 0.301 e. The first kappa shape index (κ1) is 24.4. The number of alkyl halides is 1. The first-order valence-electron chi connectivity index (χ1n) is 10.1. The summed E-state index contributed by atoms with van der Waals surface area (Å²) in [5.74, 6) is 1.04. The lowest BCUT2D eigenvalue weighted by Crippen LogP contribution is -2.19. The van der Waals surface area contributed by atoms with E-state index in [0.29, 0.717) is 33.7 Å². The zero-order valence-corrected chi connectivity index (χ0v) is 20.0. The molecule has 3 rings (SSSR count). The number of anilines is 1. The minimum absolute atomic E-state index is 0.132. The van der Waals surface area contributed by atoms with Crippen molar-refractivity contribution in [1.29, 1.82) is 5.26 Å². The van der Waals surface area contributed by atoms with Crippen LogP contribution in [0, 0.1) is 11.3 Å². The number of nitriles is 1. The van der Waals surface area contributed by atoms with Gasteiger partial charge in [-0.15, -0.1) is 11.6 Å². The number of ether oxygens (including phenoxy) is 2. The molecule has 0 saturated carbocycles. The molecule has 1 aromatic heterocycles. The van der Waals surface area contributed by atoms with Gasteiger partial charge in [0, 0.05) is 12.3 Å². The molecule has 0 radical (unpaired) electrons. The highest BCUT2D eigenvalue weighted by molar-refractivity contribution is 6.32. The molecule has 0 saturated heterocycles. The Hall–Kier alpha value is -3.21. The van der Waals surface area contributed by atoms with Crippen molar-refractivity contribution >= 4 is 35.1 Å². The number of nitrogens with one attached hydrogen (secondary N) is 1. The number of nitrogens with zero attached hydrogens (tertiary/aromatic N) is 2. The van der Waals surface area contributed by atoms with Gasteiger partial charge in [0.25, 0.3) is 0 Å². The monoisotopic (exact) mass is 487 g/mol. The SMILES string of the molecule is CC(=O)Nc1nc(COc2ccc(C(C)(C)c3cc(Cl)c(OCCCl)c(C#N)c3)cc2)co1. The molecule has 0 spiro atoms. The molecule has 9 heteroatoms. The number of hydrogen-bond donors (Lipinski definition) is 1. The van der Waals surface area contributed by atoms with Crippen LogP contribution < -0.4 is 14.8 Å². The van der Waals surface area contributed by atoms with Crippen LogP contribution in [0.15, 0.2) is 47.1 Å². The summed E-state index contributed by atoms with van der Waals surface area (Å²) in [5.41, 5.74) is 2.38. The zero-order chi connectivity index (χ0) is 24.0. The number of oxazole rings is 1. The topological polar surface area (TPSA) is 97.4 Å². The van der Waals surface area contributed by atoms with Gasteiger partial charge in [0.15, 0.2) is 5.75 Å². The average molecular weight is 488 g/mol. The molecule has 33 heavy (non-hydrogen) atoms. The van der Waals surface area contributed by atoms with Gasteiger partial charge in [-0.1, -0.05) is 37.6 Å². The Balaban J connectivity index is 1.74. The molecule has 0 aliphatic carbocycles. The van der Waals surface area contributed by atoms with Crippen molar-refractivity contribution in [3.05, 3.63) is 70.1 Å². The summed E-state index contributed by atoms with van der Waals surface area (Å²) in [6.45, 7) is 5.93. The normalized spacial score (nSPS) is 11.0. The van der Waals surface area contributed by atoms with Crippen molar-refractivity contribution in [1.82, 2.24) is 4.98 Å². The van der Waals surface area contributed by atoms with E-state index in [0.717, 1.165) is 11.1 Å². The summed E-state index contributed by atoms with van der Waals surface area (Å²) in [6.07, 6.45) is 1.43. The van der Waals surface area contributed by atoms with Crippen LogP contribution in [0.4, 0.5) is 6.01 Å². The number of benzene rings is 2. The predicted octanol–water partition coefficient (Wildman–Crippen LogP) is 5.68. The third kappa shape index (κ3) is 5.98. The van der Waals surface area contributed by atoms with Crippen molar-refractivity contribution in [2.24, 2.45) is 0 Å². The highest BCUT2D eigenvalue weighted by atomic mass is 35.5. The number of carbonyl (C=O) groups excluding carboxylic acids is 1. The summed E-state index contributed by atoms with van der Waals surface area (Å²) >= 11 is 12.1. The quantitative estimate of drug-likeness (QED) is 0.389. The van der Waals surface area contributed by atoms with Crippen LogP contribution >= 0.6 is 23.2 Å². The van der Waals surface area contributed by atoms with Gasteiger partial charge in [0.1, 0.15) is 37.0 Å². The molecule has 7 nitrogen and oxygen atoms in total. The molecular formula is C24H23Cl2N3O4. The zero-order valence-electron chi connectivity index (χ0n) is 18.4. The highest BCUT2D eigenvalue weighted by Gasteiger charge is 2.26. The van der Waals surface area contributed by atoms with Crippen molar-refractivity contribution in [3.63, 3.8) is 0 Å². The molecule has 0 atom stereocenters. The molecule has 0 fully saturated rings. The van der Waals surface area contributed by atoms with Crippen LogP contribution in [0.3, 0.4) is 0 Å². The van der Waals surface area contributed by atoms with Crippen molar-refractivity contribution in [3.8, 4) is 17.6 Å². The molecular weight excluding hydrogens is 465 g/mol. The van der Waals surface area contributed by atoms with Gasteiger partial charge >= 0.3 is 6.01 Å². The van der Waals surface area contributed by atoms with Crippen LogP contribution in [0.2, 0.25) is 5.02 Å². The molecule has 0 aliphatic rings. The third-order valence-electron chi connectivity index (χ3n) is 5.01. The Morgan fingerprint density at radius 1 is 1.21 bits per heavy atom. The van der Waals surface area contributed by atoms with Gasteiger partial charge in [-0.3, -0.25) is 10.1 Å². The van der Waals surface area contributed by atoms with E-state index in [1.807, 2.05) is 44.2 Å². The lowest BCUT2D eigenvalue weighted by molar-refractivity contribution is -0.114. The minimum atomic E-state index is -0.432. The molecule has 1 N–H and O–H groups in total. The van der Waals surface area contributed by atoms with Gasteiger partial charge in [-0.05, 0) is 35.4 Å². The lowest BCUT2D eigenvalue weighted by Gasteiger charge is -2.27. The van der Waals surface area contributed by atoms with Crippen LogP contribution in [0.1, 0.15) is 43.2 Å². The Morgan fingerprint density at radius 2 is 1.94 bits per heavy atom. The summed E-state index contributed by atoms with van der Waals surface area (Å²) in [4.78, 5) is 15.2. The smallest absolute Gasteiger partial charge is 0.301 e. The second-order valence-electron chi connectivity index (χ2n) is 7.75. The number of carbonyl (C=O) groups is 1. The number of hydrogen-bond acceptors (Lipinski definition) is 6.